The first-order valence-corrected chi connectivity index (χ1v) is 5.28. The molecule has 2 nitrogen and oxygen atoms in total. The number of hydrogen-bond donors (Lipinski definition) is 0. The third-order valence-corrected chi connectivity index (χ3v) is 2.77. The maximum atomic E-state index is 11.8. The topological polar surface area (TPSA) is 20.3 Å². The van der Waals surface area contributed by atoms with E-state index >= 15 is 0 Å². The van der Waals surface area contributed by atoms with Crippen molar-refractivity contribution in [3.63, 3.8) is 0 Å². The predicted molar refractivity (Wildman–Crippen MR) is 60.7 cm³/mol. The molecular formula is C13H15NO. The van der Waals surface area contributed by atoms with Crippen molar-refractivity contribution in [1.29, 1.82) is 0 Å². The number of hydrogen-bond acceptors (Lipinski definition) is 2. The summed E-state index contributed by atoms with van der Waals surface area (Å²) in [4.78, 5) is 14.0. The Kier molecular flexibility index (Phi) is 2.86. The van der Waals surface area contributed by atoms with E-state index in [9.17, 15) is 4.79 Å². The van der Waals surface area contributed by atoms with Crippen LogP contribution in [0.25, 0.3) is 0 Å². The van der Waals surface area contributed by atoms with Crippen molar-refractivity contribution in [2.75, 3.05) is 13.6 Å². The quantitative estimate of drug-likeness (QED) is 0.541. The average molecular weight is 201 g/mol. The van der Waals surface area contributed by atoms with Gasteiger partial charge < -0.3 is 4.90 Å². The fourth-order valence-corrected chi connectivity index (χ4v) is 1.85. The predicted octanol–water partition coefficient (Wildman–Crippen LogP) is 2.48. The fraction of sp³-hybridized carbons (Fsp3) is 0.308. The second kappa shape index (κ2) is 4.30. The van der Waals surface area contributed by atoms with Crippen LogP contribution in [0.1, 0.15) is 23.2 Å². The summed E-state index contributed by atoms with van der Waals surface area (Å²) in [5.74, 6) is 0.111. The third kappa shape index (κ3) is 2.27. The molecule has 0 spiro atoms. The molecule has 0 aliphatic carbocycles. The molecule has 15 heavy (non-hydrogen) atoms. The molecule has 0 bridgehead atoms. The summed E-state index contributed by atoms with van der Waals surface area (Å²) < 4.78 is 0. The number of benzene rings is 1. The normalized spacial score (nSPS) is 18.5. The van der Waals surface area contributed by atoms with Gasteiger partial charge in [0, 0.05) is 30.9 Å². The lowest BCUT2D eigenvalue weighted by Gasteiger charge is -2.11. The summed E-state index contributed by atoms with van der Waals surface area (Å²) in [6, 6.07) is 9.42. The Balaban J connectivity index is 2.16. The zero-order chi connectivity index (χ0) is 10.7. The standard InChI is InChI=1S/C13H15NO/c1-14-9-5-8-12(14)10-13(15)11-6-3-2-4-7-11/h2-4,6-7,10H,5,8-9H2,1H3/b12-10+. The first-order valence-electron chi connectivity index (χ1n) is 5.28. The smallest absolute Gasteiger partial charge is 0.187 e. The van der Waals surface area contributed by atoms with Crippen LogP contribution in [0.4, 0.5) is 0 Å². The van der Waals surface area contributed by atoms with Crippen molar-refractivity contribution in [3.05, 3.63) is 47.7 Å². The van der Waals surface area contributed by atoms with E-state index in [1.54, 1.807) is 6.08 Å². The minimum atomic E-state index is 0.111. The highest BCUT2D eigenvalue weighted by Crippen LogP contribution is 2.19. The van der Waals surface area contributed by atoms with E-state index in [0.29, 0.717) is 0 Å². The molecule has 0 unspecified atom stereocenters. The van der Waals surface area contributed by atoms with Crippen molar-refractivity contribution in [2.45, 2.75) is 12.8 Å². The summed E-state index contributed by atoms with van der Waals surface area (Å²) in [5, 5.41) is 0. The van der Waals surface area contributed by atoms with Crippen molar-refractivity contribution < 1.29 is 4.79 Å². The largest absolute Gasteiger partial charge is 0.378 e. The van der Waals surface area contributed by atoms with Crippen LogP contribution >= 0.6 is 0 Å². The number of carbonyl (C=O) groups excluding carboxylic acids is 1. The van der Waals surface area contributed by atoms with E-state index in [2.05, 4.69) is 4.90 Å². The summed E-state index contributed by atoms with van der Waals surface area (Å²) in [6.07, 6.45) is 3.95. The summed E-state index contributed by atoms with van der Waals surface area (Å²) in [6.45, 7) is 1.06. The maximum Gasteiger partial charge on any atom is 0.187 e. The van der Waals surface area contributed by atoms with Crippen molar-refractivity contribution in [3.8, 4) is 0 Å². The molecule has 1 fully saturated rings. The first-order chi connectivity index (χ1) is 7.27. The lowest BCUT2D eigenvalue weighted by atomic mass is 10.1. The molecule has 1 aromatic rings. The lowest BCUT2D eigenvalue weighted by molar-refractivity contribution is 0.104. The SMILES string of the molecule is CN1CCC/C1=C\C(=O)c1ccccc1. The van der Waals surface area contributed by atoms with Crippen LogP contribution < -0.4 is 0 Å². The summed E-state index contributed by atoms with van der Waals surface area (Å²) in [5.41, 5.74) is 1.93. The maximum absolute atomic E-state index is 11.8. The van der Waals surface area contributed by atoms with E-state index in [4.69, 9.17) is 0 Å². The van der Waals surface area contributed by atoms with Gasteiger partial charge in [-0.05, 0) is 12.8 Å². The second-order valence-electron chi connectivity index (χ2n) is 3.89. The van der Waals surface area contributed by atoms with Crippen LogP contribution in [0.2, 0.25) is 0 Å². The van der Waals surface area contributed by atoms with Crippen molar-refractivity contribution in [1.82, 2.24) is 4.90 Å². The van der Waals surface area contributed by atoms with Crippen LogP contribution in [0.3, 0.4) is 0 Å². The molecule has 0 radical (unpaired) electrons. The van der Waals surface area contributed by atoms with Crippen LogP contribution in [0.15, 0.2) is 42.1 Å². The van der Waals surface area contributed by atoms with E-state index in [1.165, 1.54) is 0 Å². The Hall–Kier alpha value is -1.57. The molecule has 2 heteroatoms. The second-order valence-corrected chi connectivity index (χ2v) is 3.89. The molecular weight excluding hydrogens is 186 g/mol. The van der Waals surface area contributed by atoms with Gasteiger partial charge in [-0.15, -0.1) is 0 Å². The van der Waals surface area contributed by atoms with Crippen LogP contribution in [-0.2, 0) is 0 Å². The third-order valence-electron chi connectivity index (χ3n) is 2.77. The lowest BCUT2D eigenvalue weighted by Crippen LogP contribution is -2.11. The van der Waals surface area contributed by atoms with Gasteiger partial charge in [0.1, 0.15) is 0 Å². The zero-order valence-electron chi connectivity index (χ0n) is 8.94. The number of ketones is 1. The van der Waals surface area contributed by atoms with Gasteiger partial charge in [-0.2, -0.15) is 0 Å². The highest BCUT2D eigenvalue weighted by Gasteiger charge is 2.14. The highest BCUT2D eigenvalue weighted by molar-refractivity contribution is 6.04. The zero-order valence-corrected chi connectivity index (χ0v) is 8.94. The molecule has 0 N–H and O–H groups in total. The Morgan fingerprint density at radius 1 is 1.33 bits per heavy atom. The molecule has 0 aromatic heterocycles. The monoisotopic (exact) mass is 201 g/mol. The minimum absolute atomic E-state index is 0.111. The molecule has 1 aliphatic rings. The molecule has 1 saturated heterocycles. The Morgan fingerprint density at radius 2 is 2.07 bits per heavy atom. The Morgan fingerprint density at radius 3 is 2.67 bits per heavy atom. The van der Waals surface area contributed by atoms with E-state index < -0.39 is 0 Å². The number of rotatable bonds is 2. The molecule has 0 saturated carbocycles. The summed E-state index contributed by atoms with van der Waals surface area (Å²) >= 11 is 0. The fourth-order valence-electron chi connectivity index (χ4n) is 1.85. The number of allylic oxidation sites excluding steroid dienone is 2. The van der Waals surface area contributed by atoms with Gasteiger partial charge in [0.25, 0.3) is 0 Å². The Bertz CT molecular complexity index is 381. The van der Waals surface area contributed by atoms with Crippen molar-refractivity contribution in [2.24, 2.45) is 0 Å². The van der Waals surface area contributed by atoms with Gasteiger partial charge in [0.2, 0.25) is 0 Å². The first kappa shape index (κ1) is 9.97. The number of carbonyl (C=O) groups is 1. The van der Waals surface area contributed by atoms with Gasteiger partial charge in [-0.25, -0.2) is 0 Å². The molecule has 1 aliphatic heterocycles. The molecule has 1 heterocycles. The van der Waals surface area contributed by atoms with E-state index in [0.717, 1.165) is 30.6 Å². The van der Waals surface area contributed by atoms with Gasteiger partial charge in [0.15, 0.2) is 5.78 Å². The molecule has 0 atom stereocenters. The van der Waals surface area contributed by atoms with Gasteiger partial charge in [-0.3, -0.25) is 4.79 Å². The average Bonchev–Trinajstić information content (AvgIpc) is 2.66. The molecule has 0 amide bonds. The molecule has 2 rings (SSSR count). The van der Waals surface area contributed by atoms with Crippen molar-refractivity contribution >= 4 is 5.78 Å². The van der Waals surface area contributed by atoms with Crippen LogP contribution in [-0.4, -0.2) is 24.3 Å². The number of likely N-dealkylation sites (tertiary alicyclic amines) is 1. The molecule has 78 valence electrons. The Labute approximate surface area is 90.2 Å². The van der Waals surface area contributed by atoms with Crippen LogP contribution in [0.5, 0.6) is 0 Å². The van der Waals surface area contributed by atoms with Crippen LogP contribution in [0, 0.1) is 0 Å². The van der Waals surface area contributed by atoms with E-state index in [1.807, 2.05) is 37.4 Å². The van der Waals surface area contributed by atoms with E-state index in [-0.39, 0.29) is 5.78 Å². The van der Waals surface area contributed by atoms with Gasteiger partial charge in [0.05, 0.1) is 0 Å². The number of nitrogens with zero attached hydrogens (tertiary/aromatic N) is 1. The van der Waals surface area contributed by atoms with Gasteiger partial charge >= 0.3 is 0 Å². The molecule has 1 aromatic carbocycles. The van der Waals surface area contributed by atoms with Gasteiger partial charge in [-0.1, -0.05) is 30.3 Å². The highest BCUT2D eigenvalue weighted by atomic mass is 16.1. The minimum Gasteiger partial charge on any atom is -0.378 e. The summed E-state index contributed by atoms with van der Waals surface area (Å²) in [7, 11) is 2.04.